The number of anilines is 1. The molecule has 0 unspecified atom stereocenters. The molecule has 3 N–H and O–H groups in total. The molecule has 2 aromatic rings. The van der Waals surface area contributed by atoms with Crippen molar-refractivity contribution >= 4 is 39.1 Å². The topological polar surface area (TPSA) is 63.8 Å². The first-order valence-corrected chi connectivity index (χ1v) is 7.06. The lowest BCUT2D eigenvalue weighted by Crippen LogP contribution is -2.10. The SMILES string of the molecule is CCc1c(C)sc2nc(SC)nc(NN)c12. The van der Waals surface area contributed by atoms with E-state index in [9.17, 15) is 0 Å². The molecule has 4 nitrogen and oxygen atoms in total. The number of hydrogen-bond acceptors (Lipinski definition) is 6. The molecule has 86 valence electrons. The number of thioether (sulfide) groups is 1. The van der Waals surface area contributed by atoms with Crippen LogP contribution in [0, 0.1) is 6.92 Å². The highest BCUT2D eigenvalue weighted by atomic mass is 32.2. The van der Waals surface area contributed by atoms with Crippen LogP contribution in [0.5, 0.6) is 0 Å². The van der Waals surface area contributed by atoms with E-state index in [0.717, 1.165) is 27.6 Å². The number of thiophene rings is 1. The van der Waals surface area contributed by atoms with Crippen molar-refractivity contribution in [1.82, 2.24) is 9.97 Å². The zero-order valence-corrected chi connectivity index (χ0v) is 11.1. The molecule has 0 amide bonds. The quantitative estimate of drug-likeness (QED) is 0.381. The van der Waals surface area contributed by atoms with Gasteiger partial charge in [-0.15, -0.1) is 11.3 Å². The highest BCUT2D eigenvalue weighted by molar-refractivity contribution is 7.98. The summed E-state index contributed by atoms with van der Waals surface area (Å²) in [7, 11) is 0. The first-order chi connectivity index (χ1) is 7.71. The maximum Gasteiger partial charge on any atom is 0.190 e. The predicted octanol–water partition coefficient (Wildman–Crippen LogP) is 2.57. The van der Waals surface area contributed by atoms with Crippen molar-refractivity contribution in [3.8, 4) is 0 Å². The van der Waals surface area contributed by atoms with E-state index in [2.05, 4.69) is 29.2 Å². The fourth-order valence-electron chi connectivity index (χ4n) is 1.77. The second kappa shape index (κ2) is 4.57. The van der Waals surface area contributed by atoms with Crippen molar-refractivity contribution < 1.29 is 0 Å². The van der Waals surface area contributed by atoms with Gasteiger partial charge in [-0.2, -0.15) is 0 Å². The second-order valence-electron chi connectivity index (χ2n) is 3.37. The van der Waals surface area contributed by atoms with Crippen LogP contribution in [-0.2, 0) is 6.42 Å². The van der Waals surface area contributed by atoms with Crippen LogP contribution in [0.15, 0.2) is 5.16 Å². The number of nitrogens with zero attached hydrogens (tertiary/aromatic N) is 2. The average Bonchev–Trinajstić information content (AvgIpc) is 2.62. The Morgan fingerprint density at radius 3 is 2.75 bits per heavy atom. The molecule has 2 rings (SSSR count). The van der Waals surface area contributed by atoms with Crippen molar-refractivity contribution in [2.75, 3.05) is 11.7 Å². The number of aromatic nitrogens is 2. The summed E-state index contributed by atoms with van der Waals surface area (Å²) in [5.41, 5.74) is 3.97. The van der Waals surface area contributed by atoms with Crippen molar-refractivity contribution in [2.45, 2.75) is 25.4 Å². The molecule has 2 aromatic heterocycles. The molecule has 0 radical (unpaired) electrons. The maximum atomic E-state index is 5.53. The molecule has 0 aliphatic heterocycles. The van der Waals surface area contributed by atoms with E-state index in [1.807, 2.05) is 6.26 Å². The van der Waals surface area contributed by atoms with Gasteiger partial charge in [-0.3, -0.25) is 0 Å². The smallest absolute Gasteiger partial charge is 0.190 e. The van der Waals surface area contributed by atoms with E-state index in [1.165, 1.54) is 22.2 Å². The van der Waals surface area contributed by atoms with Gasteiger partial charge in [0.2, 0.25) is 0 Å². The third kappa shape index (κ3) is 1.77. The Morgan fingerprint density at radius 1 is 1.44 bits per heavy atom. The minimum Gasteiger partial charge on any atom is -0.308 e. The fraction of sp³-hybridized carbons (Fsp3) is 0.400. The largest absolute Gasteiger partial charge is 0.308 e. The van der Waals surface area contributed by atoms with Crippen molar-refractivity contribution in [2.24, 2.45) is 5.84 Å². The summed E-state index contributed by atoms with van der Waals surface area (Å²) in [4.78, 5) is 11.2. The molecule has 0 bridgehead atoms. The average molecular weight is 254 g/mol. The van der Waals surface area contributed by atoms with Gasteiger partial charge in [-0.1, -0.05) is 18.7 Å². The summed E-state index contributed by atoms with van der Waals surface area (Å²) in [6.45, 7) is 4.25. The molecule has 2 heterocycles. The van der Waals surface area contributed by atoms with Gasteiger partial charge in [0, 0.05) is 4.88 Å². The van der Waals surface area contributed by atoms with Gasteiger partial charge in [0.25, 0.3) is 0 Å². The van der Waals surface area contributed by atoms with Crippen LogP contribution < -0.4 is 11.3 Å². The molecule has 0 fully saturated rings. The van der Waals surface area contributed by atoms with E-state index in [-0.39, 0.29) is 0 Å². The minimum atomic E-state index is 0.732. The number of nitrogens with one attached hydrogen (secondary N) is 1. The zero-order chi connectivity index (χ0) is 11.7. The van der Waals surface area contributed by atoms with E-state index < -0.39 is 0 Å². The molecule has 16 heavy (non-hydrogen) atoms. The lowest BCUT2D eigenvalue weighted by atomic mass is 10.1. The molecule has 0 spiro atoms. The monoisotopic (exact) mass is 254 g/mol. The Labute approximate surface area is 103 Å². The van der Waals surface area contributed by atoms with Gasteiger partial charge in [0.15, 0.2) is 11.0 Å². The lowest BCUT2D eigenvalue weighted by Gasteiger charge is -2.05. The van der Waals surface area contributed by atoms with Crippen molar-refractivity contribution in [1.29, 1.82) is 0 Å². The molecular weight excluding hydrogens is 240 g/mol. The standard InChI is InChI=1S/C10H14N4S2/c1-4-6-5(2)16-9-7(6)8(14-11)12-10(13-9)15-3/h4,11H2,1-3H3,(H,12,13,14). The molecule has 0 aliphatic carbocycles. The summed E-state index contributed by atoms with van der Waals surface area (Å²) in [5, 5.41) is 1.83. The van der Waals surface area contributed by atoms with E-state index in [4.69, 9.17) is 5.84 Å². The van der Waals surface area contributed by atoms with Gasteiger partial charge in [0.1, 0.15) is 4.83 Å². The Hall–Kier alpha value is -0.850. The molecular formula is C10H14N4S2. The highest BCUT2D eigenvalue weighted by Crippen LogP contribution is 2.34. The Bertz CT molecular complexity index is 521. The van der Waals surface area contributed by atoms with Crippen LogP contribution in [0.2, 0.25) is 0 Å². The summed E-state index contributed by atoms with van der Waals surface area (Å²) >= 11 is 3.23. The summed E-state index contributed by atoms with van der Waals surface area (Å²) in [5.74, 6) is 6.26. The molecule has 0 aliphatic rings. The van der Waals surface area contributed by atoms with E-state index in [1.54, 1.807) is 11.3 Å². The van der Waals surface area contributed by atoms with E-state index >= 15 is 0 Å². The van der Waals surface area contributed by atoms with Crippen LogP contribution in [0.25, 0.3) is 10.2 Å². The normalized spacial score (nSPS) is 11.0. The third-order valence-electron chi connectivity index (χ3n) is 2.50. The molecule has 6 heteroatoms. The Kier molecular flexibility index (Phi) is 3.32. The summed E-state index contributed by atoms with van der Waals surface area (Å²) in [6, 6.07) is 0. The van der Waals surface area contributed by atoms with Crippen LogP contribution in [0.4, 0.5) is 5.82 Å². The van der Waals surface area contributed by atoms with Gasteiger partial charge in [0.05, 0.1) is 5.39 Å². The van der Waals surface area contributed by atoms with Gasteiger partial charge < -0.3 is 5.43 Å². The lowest BCUT2D eigenvalue weighted by molar-refractivity contribution is 1.00. The molecule has 0 aromatic carbocycles. The number of hydrogen-bond donors (Lipinski definition) is 2. The predicted molar refractivity (Wildman–Crippen MR) is 71.1 cm³/mol. The summed E-state index contributed by atoms with van der Waals surface area (Å²) in [6.07, 6.45) is 2.94. The summed E-state index contributed by atoms with van der Waals surface area (Å²) < 4.78 is 0. The van der Waals surface area contributed by atoms with Gasteiger partial charge in [-0.25, -0.2) is 15.8 Å². The second-order valence-corrected chi connectivity index (χ2v) is 5.35. The Balaban J connectivity index is 2.79. The first-order valence-electron chi connectivity index (χ1n) is 5.01. The van der Waals surface area contributed by atoms with Crippen LogP contribution in [-0.4, -0.2) is 16.2 Å². The highest BCUT2D eigenvalue weighted by Gasteiger charge is 2.14. The number of rotatable bonds is 3. The number of aryl methyl sites for hydroxylation is 2. The van der Waals surface area contributed by atoms with Crippen LogP contribution >= 0.6 is 23.1 Å². The minimum absolute atomic E-state index is 0.732. The number of fused-ring (bicyclic) bond motifs is 1. The third-order valence-corrected chi connectivity index (χ3v) is 4.09. The number of nitrogens with two attached hydrogens (primary N) is 1. The first kappa shape index (κ1) is 11.6. The number of hydrazine groups is 1. The van der Waals surface area contributed by atoms with Gasteiger partial charge in [-0.05, 0) is 25.2 Å². The molecule has 0 atom stereocenters. The zero-order valence-electron chi connectivity index (χ0n) is 9.50. The van der Waals surface area contributed by atoms with Gasteiger partial charge >= 0.3 is 0 Å². The van der Waals surface area contributed by atoms with Crippen LogP contribution in [0.1, 0.15) is 17.4 Å². The van der Waals surface area contributed by atoms with E-state index in [0.29, 0.717) is 0 Å². The number of nitrogen functional groups attached to an aromatic ring is 1. The fourth-order valence-corrected chi connectivity index (χ4v) is 3.31. The maximum absolute atomic E-state index is 5.53. The van der Waals surface area contributed by atoms with Crippen molar-refractivity contribution in [3.63, 3.8) is 0 Å². The Morgan fingerprint density at radius 2 is 2.19 bits per heavy atom. The molecule has 0 saturated heterocycles. The van der Waals surface area contributed by atoms with Crippen molar-refractivity contribution in [3.05, 3.63) is 10.4 Å². The molecule has 0 saturated carbocycles. The van der Waals surface area contributed by atoms with Crippen LogP contribution in [0.3, 0.4) is 0 Å².